The number of nitrogens with one attached hydrogen (secondary N) is 1. The first-order valence-electron chi connectivity index (χ1n) is 12.0. The fraction of sp³-hybridized carbons (Fsp3) is 0.310. The number of rotatable bonds is 12. The number of benzene rings is 3. The van der Waals surface area contributed by atoms with Crippen LogP contribution in [0.2, 0.25) is 0 Å². The molecule has 0 aliphatic carbocycles. The Bertz CT molecular complexity index is 1080. The van der Waals surface area contributed by atoms with Gasteiger partial charge in [-0.25, -0.2) is 0 Å². The maximum Gasteiger partial charge on any atom is 0.243 e. The average molecular weight is 554 g/mol. The number of hydrogen-bond donors (Lipinski definition) is 1. The summed E-state index contributed by atoms with van der Waals surface area (Å²) in [4.78, 5) is 29.9. The fourth-order valence-corrected chi connectivity index (χ4v) is 5.03. The lowest BCUT2D eigenvalue weighted by atomic mass is 10.0. The van der Waals surface area contributed by atoms with Gasteiger partial charge in [-0.1, -0.05) is 90.4 Å². The minimum atomic E-state index is -0.593. The summed E-state index contributed by atoms with van der Waals surface area (Å²) >= 11 is 5.19. The van der Waals surface area contributed by atoms with E-state index >= 15 is 0 Å². The van der Waals surface area contributed by atoms with Gasteiger partial charge in [0.05, 0.1) is 0 Å². The van der Waals surface area contributed by atoms with Crippen LogP contribution in [0.1, 0.15) is 31.4 Å². The second-order valence-electron chi connectivity index (χ2n) is 8.91. The molecule has 0 aliphatic heterocycles. The molecule has 0 aromatic heterocycles. The summed E-state index contributed by atoms with van der Waals surface area (Å²) in [6.07, 6.45) is 0.826. The quantitative estimate of drug-likeness (QED) is 0.266. The van der Waals surface area contributed by atoms with E-state index < -0.39 is 6.04 Å². The monoisotopic (exact) mass is 552 g/mol. The summed E-state index contributed by atoms with van der Waals surface area (Å²) in [6.45, 7) is 5.09. The van der Waals surface area contributed by atoms with E-state index in [2.05, 4.69) is 35.1 Å². The number of amides is 2. The highest BCUT2D eigenvalue weighted by Gasteiger charge is 2.30. The van der Waals surface area contributed by atoms with E-state index in [-0.39, 0.29) is 11.8 Å². The summed E-state index contributed by atoms with van der Waals surface area (Å²) in [5.41, 5.74) is 2.01. The predicted molar refractivity (Wildman–Crippen MR) is 148 cm³/mol. The molecular weight excluding hydrogens is 520 g/mol. The molecule has 0 unspecified atom stereocenters. The highest BCUT2D eigenvalue weighted by Crippen LogP contribution is 2.21. The molecule has 0 radical (unpaired) electrons. The Hall–Kier alpha value is -2.57. The first-order valence-corrected chi connectivity index (χ1v) is 13.7. The second-order valence-corrected chi connectivity index (χ2v) is 11.0. The lowest BCUT2D eigenvalue weighted by Gasteiger charge is -2.32. The van der Waals surface area contributed by atoms with Crippen molar-refractivity contribution in [2.24, 2.45) is 5.92 Å². The van der Waals surface area contributed by atoms with Crippen molar-refractivity contribution in [1.82, 2.24) is 10.2 Å². The lowest BCUT2D eigenvalue weighted by Crippen LogP contribution is -2.51. The number of thioether (sulfide) groups is 1. The van der Waals surface area contributed by atoms with E-state index in [1.807, 2.05) is 84.9 Å². The number of halogens is 1. The van der Waals surface area contributed by atoms with Crippen LogP contribution >= 0.6 is 27.7 Å². The van der Waals surface area contributed by atoms with Crippen molar-refractivity contribution < 1.29 is 9.59 Å². The molecule has 0 aliphatic rings. The molecule has 3 rings (SSSR count). The number of carbonyl (C=O) groups excluding carboxylic acids is 2. The Labute approximate surface area is 221 Å². The summed E-state index contributed by atoms with van der Waals surface area (Å²) in [5.74, 6) is 0.854. The first kappa shape index (κ1) is 27.0. The topological polar surface area (TPSA) is 49.4 Å². The molecule has 4 nitrogen and oxygen atoms in total. The Morgan fingerprint density at radius 3 is 2.23 bits per heavy atom. The van der Waals surface area contributed by atoms with Crippen LogP contribution in [-0.2, 0) is 22.6 Å². The SMILES string of the molecule is CC(C)CNC(=O)[C@@H](Cc1ccccc1)N(Cc1cccc(Br)c1)C(=O)CCSc1ccccc1. The van der Waals surface area contributed by atoms with Crippen molar-refractivity contribution in [3.8, 4) is 0 Å². The Kier molecular flexibility index (Phi) is 10.9. The molecule has 2 amide bonds. The third kappa shape index (κ3) is 9.19. The second kappa shape index (κ2) is 14.1. The van der Waals surface area contributed by atoms with Crippen molar-refractivity contribution in [3.05, 3.63) is 101 Å². The Morgan fingerprint density at radius 2 is 1.57 bits per heavy atom. The van der Waals surface area contributed by atoms with E-state index in [4.69, 9.17) is 0 Å². The molecule has 3 aromatic carbocycles. The first-order chi connectivity index (χ1) is 16.9. The van der Waals surface area contributed by atoms with Crippen molar-refractivity contribution >= 4 is 39.5 Å². The molecule has 3 aromatic rings. The zero-order valence-electron chi connectivity index (χ0n) is 20.3. The third-order valence-electron chi connectivity index (χ3n) is 5.53. The van der Waals surface area contributed by atoms with Gasteiger partial charge in [-0.05, 0) is 41.3 Å². The molecule has 1 N–H and O–H groups in total. The molecule has 184 valence electrons. The highest BCUT2D eigenvalue weighted by atomic mass is 79.9. The molecule has 1 atom stereocenters. The van der Waals surface area contributed by atoms with E-state index in [9.17, 15) is 9.59 Å². The number of nitrogens with zero attached hydrogens (tertiary/aromatic N) is 1. The van der Waals surface area contributed by atoms with E-state index in [0.717, 1.165) is 20.5 Å². The van der Waals surface area contributed by atoms with Crippen LogP contribution in [-0.4, -0.2) is 35.1 Å². The predicted octanol–water partition coefficient (Wildman–Crippen LogP) is 6.34. The smallest absolute Gasteiger partial charge is 0.243 e. The van der Waals surface area contributed by atoms with Crippen LogP contribution in [0.3, 0.4) is 0 Å². The fourth-order valence-electron chi connectivity index (χ4n) is 3.73. The summed E-state index contributed by atoms with van der Waals surface area (Å²) in [7, 11) is 0. The van der Waals surface area contributed by atoms with Crippen molar-refractivity contribution in [1.29, 1.82) is 0 Å². The van der Waals surface area contributed by atoms with Crippen molar-refractivity contribution in [3.63, 3.8) is 0 Å². The minimum Gasteiger partial charge on any atom is -0.354 e. The van der Waals surface area contributed by atoms with Crippen LogP contribution in [0, 0.1) is 5.92 Å². The largest absolute Gasteiger partial charge is 0.354 e. The zero-order valence-corrected chi connectivity index (χ0v) is 22.7. The van der Waals surface area contributed by atoms with Crippen LogP contribution in [0.15, 0.2) is 94.3 Å². The van der Waals surface area contributed by atoms with Gasteiger partial charge < -0.3 is 10.2 Å². The van der Waals surface area contributed by atoms with Gasteiger partial charge >= 0.3 is 0 Å². The van der Waals surface area contributed by atoms with Gasteiger partial charge in [0.2, 0.25) is 11.8 Å². The molecule has 0 spiro atoms. The van der Waals surface area contributed by atoms with Crippen molar-refractivity contribution in [2.75, 3.05) is 12.3 Å². The Balaban J connectivity index is 1.84. The van der Waals surface area contributed by atoms with Crippen LogP contribution in [0.5, 0.6) is 0 Å². The highest BCUT2D eigenvalue weighted by molar-refractivity contribution is 9.10. The lowest BCUT2D eigenvalue weighted by molar-refractivity contribution is -0.141. The molecule has 0 heterocycles. The van der Waals surface area contributed by atoms with Gasteiger partial charge in [0.25, 0.3) is 0 Å². The van der Waals surface area contributed by atoms with Crippen LogP contribution in [0.25, 0.3) is 0 Å². The molecule has 35 heavy (non-hydrogen) atoms. The van der Waals surface area contributed by atoms with E-state index in [1.165, 1.54) is 0 Å². The van der Waals surface area contributed by atoms with Crippen molar-refractivity contribution in [2.45, 2.75) is 44.2 Å². The van der Waals surface area contributed by atoms with Gasteiger partial charge in [-0.15, -0.1) is 11.8 Å². The number of hydrogen-bond acceptors (Lipinski definition) is 3. The van der Waals surface area contributed by atoms with E-state index in [0.29, 0.717) is 37.6 Å². The van der Waals surface area contributed by atoms with Gasteiger partial charge in [0, 0.05) is 41.1 Å². The summed E-state index contributed by atoms with van der Waals surface area (Å²) in [6, 6.07) is 27.3. The van der Waals surface area contributed by atoms with Crippen LogP contribution < -0.4 is 5.32 Å². The molecular formula is C29H33BrN2O2S. The van der Waals surface area contributed by atoms with Gasteiger partial charge in [0.1, 0.15) is 6.04 Å². The van der Waals surface area contributed by atoms with Gasteiger partial charge in [-0.2, -0.15) is 0 Å². The molecule has 6 heteroatoms. The normalized spacial score (nSPS) is 11.8. The standard InChI is InChI=1S/C29H33BrN2O2S/c1-22(2)20-31-29(34)27(19-23-10-5-3-6-11-23)32(21-24-12-9-13-25(30)18-24)28(33)16-17-35-26-14-7-4-8-15-26/h3-15,18,22,27H,16-17,19-21H2,1-2H3,(H,31,34)/t27-/m1/s1. The van der Waals surface area contributed by atoms with Gasteiger partial charge in [0.15, 0.2) is 0 Å². The maximum absolute atomic E-state index is 13.6. The molecule has 0 saturated heterocycles. The molecule has 0 fully saturated rings. The minimum absolute atomic E-state index is 0.0194. The zero-order chi connectivity index (χ0) is 25.0. The number of carbonyl (C=O) groups is 2. The third-order valence-corrected chi connectivity index (χ3v) is 7.03. The average Bonchev–Trinajstić information content (AvgIpc) is 2.86. The summed E-state index contributed by atoms with van der Waals surface area (Å²) < 4.78 is 0.950. The maximum atomic E-state index is 13.6. The molecule has 0 saturated carbocycles. The Morgan fingerprint density at radius 1 is 0.914 bits per heavy atom. The molecule has 0 bridgehead atoms. The van der Waals surface area contributed by atoms with E-state index in [1.54, 1.807) is 16.7 Å². The summed E-state index contributed by atoms with van der Waals surface area (Å²) in [5, 5.41) is 3.07. The van der Waals surface area contributed by atoms with Crippen LogP contribution in [0.4, 0.5) is 0 Å². The van der Waals surface area contributed by atoms with Gasteiger partial charge in [-0.3, -0.25) is 9.59 Å².